The summed E-state index contributed by atoms with van der Waals surface area (Å²) >= 11 is 0. The molecule has 2 heterocycles. The Bertz CT molecular complexity index is 1750. The molecule has 0 fully saturated rings. The number of amides is 1. The Morgan fingerprint density at radius 3 is 1.73 bits per heavy atom. The first-order valence-corrected chi connectivity index (χ1v) is 15.7. The van der Waals surface area contributed by atoms with E-state index in [0.717, 1.165) is 34.5 Å². The number of fused-ring (bicyclic) bond motifs is 2. The second kappa shape index (κ2) is 18.9. The van der Waals surface area contributed by atoms with Crippen LogP contribution in [0, 0.1) is 0 Å². The molecule has 4 N–H and O–H groups in total. The fraction of sp³-hybridized carbons (Fsp3) is 0.211. The Hall–Kier alpha value is -6.10. The molecule has 256 valence electrons. The van der Waals surface area contributed by atoms with Gasteiger partial charge in [-0.3, -0.25) is 4.79 Å². The lowest BCUT2D eigenvalue weighted by atomic mass is 10.2. The summed E-state index contributed by atoms with van der Waals surface area (Å²) in [6.07, 6.45) is 5.83. The summed E-state index contributed by atoms with van der Waals surface area (Å²) in [7, 11) is 0. The van der Waals surface area contributed by atoms with Crippen LogP contribution in [0.5, 0.6) is 34.5 Å². The number of hydrogen-bond donors (Lipinski definition) is 3. The van der Waals surface area contributed by atoms with Gasteiger partial charge in [-0.1, -0.05) is 36.4 Å². The standard InChI is InChI=1S/C19H19NO4.C11H12O3.C8H9NO2/c1-2-22-16-6-4-3-5-14(16)7-10-19(21)20-15-8-9-17-18(13-15)24-12-11-23-17;1-2-14-10-6-4-3-5-9(10)7-8-11(12)13;9-6-1-2-7-8(5-6)11-4-3-10-7/h3-10,13H,2,11-12H2,1H3,(H,20,21);3-8H,2H2,1H3,(H,12,13);1-2,5H,3-4,9H2/b10-7+;8-7+;. The summed E-state index contributed by atoms with van der Waals surface area (Å²) in [5, 5.41) is 11.3. The number of carbonyl (C=O) groups is 2. The van der Waals surface area contributed by atoms with E-state index in [4.69, 9.17) is 39.3 Å². The number of aliphatic carboxylic acids is 1. The summed E-state index contributed by atoms with van der Waals surface area (Å²) < 4.78 is 32.4. The molecule has 0 aromatic heterocycles. The minimum Gasteiger partial charge on any atom is -0.493 e. The van der Waals surface area contributed by atoms with Crippen LogP contribution in [0.3, 0.4) is 0 Å². The lowest BCUT2D eigenvalue weighted by Gasteiger charge is -2.18. The van der Waals surface area contributed by atoms with Gasteiger partial charge in [0.2, 0.25) is 5.91 Å². The quantitative estimate of drug-likeness (QED) is 0.130. The van der Waals surface area contributed by atoms with Gasteiger partial charge in [-0.05, 0) is 62.4 Å². The number of anilines is 2. The molecule has 1 amide bonds. The second-order valence-electron chi connectivity index (χ2n) is 10.2. The molecule has 0 saturated heterocycles. The summed E-state index contributed by atoms with van der Waals surface area (Å²) in [5.74, 6) is 3.14. The second-order valence-corrected chi connectivity index (χ2v) is 10.2. The molecule has 0 spiro atoms. The first-order chi connectivity index (χ1) is 23.9. The maximum Gasteiger partial charge on any atom is 0.328 e. The van der Waals surface area contributed by atoms with Crippen molar-refractivity contribution < 1.29 is 43.1 Å². The number of hydrogen-bond acceptors (Lipinski definition) is 9. The van der Waals surface area contributed by atoms with E-state index < -0.39 is 5.97 Å². The normalized spacial score (nSPS) is 12.5. The van der Waals surface area contributed by atoms with Crippen molar-refractivity contribution in [3.05, 3.63) is 108 Å². The van der Waals surface area contributed by atoms with Gasteiger partial charge >= 0.3 is 5.97 Å². The molecule has 2 aliphatic heterocycles. The molecule has 0 unspecified atom stereocenters. The number of carboxylic acids is 1. The monoisotopic (exact) mass is 668 g/mol. The van der Waals surface area contributed by atoms with Crippen molar-refractivity contribution in [3.8, 4) is 34.5 Å². The number of ether oxygens (including phenoxy) is 6. The molecule has 0 atom stereocenters. The smallest absolute Gasteiger partial charge is 0.328 e. The van der Waals surface area contributed by atoms with Gasteiger partial charge in [0.25, 0.3) is 0 Å². The maximum absolute atomic E-state index is 12.1. The van der Waals surface area contributed by atoms with Crippen LogP contribution < -0.4 is 39.5 Å². The number of carbonyl (C=O) groups excluding carboxylic acids is 1. The minimum atomic E-state index is -0.962. The van der Waals surface area contributed by atoms with Crippen LogP contribution in [-0.4, -0.2) is 56.6 Å². The van der Waals surface area contributed by atoms with Crippen LogP contribution in [0.2, 0.25) is 0 Å². The van der Waals surface area contributed by atoms with Crippen LogP contribution in [0.15, 0.2) is 97.1 Å². The number of rotatable bonds is 9. The van der Waals surface area contributed by atoms with E-state index in [1.165, 1.54) is 12.2 Å². The van der Waals surface area contributed by atoms with Gasteiger partial charge in [-0.15, -0.1) is 0 Å². The highest BCUT2D eigenvalue weighted by Gasteiger charge is 2.12. The third-order valence-electron chi connectivity index (χ3n) is 6.63. The lowest BCUT2D eigenvalue weighted by molar-refractivity contribution is -0.131. The van der Waals surface area contributed by atoms with Crippen molar-refractivity contribution in [3.63, 3.8) is 0 Å². The number of nitrogen functional groups attached to an aromatic ring is 1. The summed E-state index contributed by atoms with van der Waals surface area (Å²) in [5.41, 5.74) is 8.54. The molecule has 0 bridgehead atoms. The van der Waals surface area contributed by atoms with E-state index in [0.29, 0.717) is 68.3 Å². The van der Waals surface area contributed by atoms with E-state index in [2.05, 4.69) is 5.32 Å². The molecule has 4 aromatic carbocycles. The average Bonchev–Trinajstić information content (AvgIpc) is 3.11. The van der Waals surface area contributed by atoms with Crippen LogP contribution in [0.1, 0.15) is 25.0 Å². The van der Waals surface area contributed by atoms with Crippen LogP contribution >= 0.6 is 0 Å². The van der Waals surface area contributed by atoms with Gasteiger partial charge in [-0.25, -0.2) is 4.79 Å². The van der Waals surface area contributed by atoms with Crippen molar-refractivity contribution in [1.82, 2.24) is 0 Å². The van der Waals surface area contributed by atoms with Gasteiger partial charge in [-0.2, -0.15) is 0 Å². The zero-order valence-corrected chi connectivity index (χ0v) is 27.4. The molecular weight excluding hydrogens is 628 g/mol. The van der Waals surface area contributed by atoms with E-state index in [1.807, 2.05) is 68.4 Å². The van der Waals surface area contributed by atoms with E-state index in [1.54, 1.807) is 36.4 Å². The van der Waals surface area contributed by atoms with E-state index in [-0.39, 0.29) is 5.91 Å². The van der Waals surface area contributed by atoms with Gasteiger partial charge in [0.05, 0.1) is 13.2 Å². The van der Waals surface area contributed by atoms with Crippen molar-refractivity contribution >= 4 is 35.4 Å². The van der Waals surface area contributed by atoms with Gasteiger partial charge in [0.1, 0.15) is 37.9 Å². The van der Waals surface area contributed by atoms with Crippen molar-refractivity contribution in [2.45, 2.75) is 13.8 Å². The predicted octanol–water partition coefficient (Wildman–Crippen LogP) is 6.73. The molecule has 2 aliphatic rings. The zero-order chi connectivity index (χ0) is 34.8. The molecule has 11 heteroatoms. The Balaban J connectivity index is 0.000000183. The number of benzene rings is 4. The highest BCUT2D eigenvalue weighted by Crippen LogP contribution is 2.33. The van der Waals surface area contributed by atoms with Crippen molar-refractivity contribution in [2.24, 2.45) is 0 Å². The Morgan fingerprint density at radius 2 is 1.18 bits per heavy atom. The molecule has 49 heavy (non-hydrogen) atoms. The maximum atomic E-state index is 12.1. The third-order valence-corrected chi connectivity index (χ3v) is 6.63. The Kier molecular flexibility index (Phi) is 13.8. The average molecular weight is 669 g/mol. The first-order valence-electron chi connectivity index (χ1n) is 15.7. The fourth-order valence-electron chi connectivity index (χ4n) is 4.50. The Labute approximate surface area is 285 Å². The molecule has 6 rings (SSSR count). The fourth-order valence-corrected chi connectivity index (χ4v) is 4.50. The van der Waals surface area contributed by atoms with Gasteiger partial charge < -0.3 is 44.6 Å². The number of nitrogens with one attached hydrogen (secondary N) is 1. The molecule has 0 radical (unpaired) electrons. The first kappa shape index (κ1) is 35.7. The van der Waals surface area contributed by atoms with Crippen LogP contribution in [0.4, 0.5) is 11.4 Å². The lowest BCUT2D eigenvalue weighted by Crippen LogP contribution is -2.16. The van der Waals surface area contributed by atoms with Gasteiger partial charge in [0, 0.05) is 46.8 Å². The largest absolute Gasteiger partial charge is 0.493 e. The molecular formula is C38H40N2O9. The Morgan fingerprint density at radius 1 is 0.694 bits per heavy atom. The van der Waals surface area contributed by atoms with Crippen molar-refractivity contribution in [2.75, 3.05) is 50.7 Å². The molecule has 0 saturated carbocycles. The van der Waals surface area contributed by atoms with E-state index in [9.17, 15) is 9.59 Å². The zero-order valence-electron chi connectivity index (χ0n) is 27.4. The SMILES string of the molecule is CCOc1ccccc1/C=C/C(=O)Nc1ccc2c(c1)OCCO2.CCOc1ccccc1/C=C/C(=O)O.Nc1ccc2c(c1)OCCO2. The van der Waals surface area contributed by atoms with Crippen LogP contribution in [0.25, 0.3) is 12.2 Å². The highest BCUT2D eigenvalue weighted by molar-refractivity contribution is 6.02. The minimum absolute atomic E-state index is 0.224. The predicted molar refractivity (Wildman–Crippen MR) is 189 cm³/mol. The molecule has 4 aromatic rings. The number of nitrogens with two attached hydrogens (primary N) is 1. The number of para-hydroxylation sites is 2. The summed E-state index contributed by atoms with van der Waals surface area (Å²) in [4.78, 5) is 22.4. The molecule has 11 nitrogen and oxygen atoms in total. The van der Waals surface area contributed by atoms with Gasteiger partial charge in [0.15, 0.2) is 23.0 Å². The number of carboxylic acid groups (broad SMARTS) is 1. The molecule has 0 aliphatic carbocycles. The topological polar surface area (TPSA) is 148 Å². The van der Waals surface area contributed by atoms with Crippen LogP contribution in [-0.2, 0) is 9.59 Å². The summed E-state index contributed by atoms with van der Waals surface area (Å²) in [6.45, 7) is 7.24. The highest BCUT2D eigenvalue weighted by atomic mass is 16.6. The van der Waals surface area contributed by atoms with E-state index >= 15 is 0 Å². The van der Waals surface area contributed by atoms with Crippen molar-refractivity contribution in [1.29, 1.82) is 0 Å². The summed E-state index contributed by atoms with van der Waals surface area (Å²) in [6, 6.07) is 25.6. The third kappa shape index (κ3) is 11.6.